The minimum absolute atomic E-state index is 0.503. The van der Waals surface area contributed by atoms with Gasteiger partial charge in [0.05, 0.1) is 6.61 Å². The summed E-state index contributed by atoms with van der Waals surface area (Å²) in [6, 6.07) is 7.76. The number of methoxy groups -OCH3 is 1. The first-order valence-electron chi connectivity index (χ1n) is 4.28. The van der Waals surface area contributed by atoms with Gasteiger partial charge in [-0.3, -0.25) is 0 Å². The molecular formula is C10H15NO2. The molecule has 72 valence electrons. The maximum absolute atomic E-state index is 5.54. The Balaban J connectivity index is 2.54. The molecule has 0 saturated carbocycles. The molecule has 0 unspecified atom stereocenters. The van der Waals surface area contributed by atoms with Crippen molar-refractivity contribution >= 4 is 0 Å². The van der Waals surface area contributed by atoms with Gasteiger partial charge in [-0.15, -0.1) is 0 Å². The lowest BCUT2D eigenvalue weighted by molar-refractivity contribution is 0.146. The molecule has 0 fully saturated rings. The van der Waals surface area contributed by atoms with Crippen LogP contribution in [0.1, 0.15) is 5.56 Å². The van der Waals surface area contributed by atoms with Crippen LogP contribution in [-0.4, -0.2) is 20.3 Å². The second kappa shape index (κ2) is 5.56. The Labute approximate surface area is 78.5 Å². The van der Waals surface area contributed by atoms with Crippen molar-refractivity contribution in [2.45, 2.75) is 6.54 Å². The van der Waals surface area contributed by atoms with Gasteiger partial charge in [0.2, 0.25) is 0 Å². The summed E-state index contributed by atoms with van der Waals surface area (Å²) in [4.78, 5) is 0. The largest absolute Gasteiger partial charge is 0.491 e. The number of ether oxygens (including phenoxy) is 2. The van der Waals surface area contributed by atoms with Crippen LogP contribution in [0.2, 0.25) is 0 Å². The van der Waals surface area contributed by atoms with Gasteiger partial charge in [-0.25, -0.2) is 0 Å². The lowest BCUT2D eigenvalue weighted by atomic mass is 10.2. The van der Waals surface area contributed by atoms with E-state index in [0.717, 1.165) is 11.3 Å². The predicted molar refractivity (Wildman–Crippen MR) is 51.7 cm³/mol. The molecule has 0 amide bonds. The van der Waals surface area contributed by atoms with Crippen molar-refractivity contribution in [2.24, 2.45) is 5.73 Å². The number of hydrogen-bond acceptors (Lipinski definition) is 3. The molecule has 1 aromatic rings. The molecular weight excluding hydrogens is 166 g/mol. The molecule has 0 saturated heterocycles. The van der Waals surface area contributed by atoms with E-state index in [1.54, 1.807) is 7.11 Å². The first kappa shape index (κ1) is 10.0. The van der Waals surface area contributed by atoms with E-state index in [0.29, 0.717) is 19.8 Å². The molecule has 0 bridgehead atoms. The second-order valence-electron chi connectivity index (χ2n) is 2.65. The molecule has 1 rings (SSSR count). The van der Waals surface area contributed by atoms with Crippen LogP contribution in [0.25, 0.3) is 0 Å². The molecule has 1 aromatic carbocycles. The van der Waals surface area contributed by atoms with Crippen LogP contribution >= 0.6 is 0 Å². The summed E-state index contributed by atoms with van der Waals surface area (Å²) in [5.41, 5.74) is 6.57. The van der Waals surface area contributed by atoms with Crippen LogP contribution in [0.3, 0.4) is 0 Å². The van der Waals surface area contributed by atoms with E-state index in [1.165, 1.54) is 0 Å². The van der Waals surface area contributed by atoms with Gasteiger partial charge in [0.1, 0.15) is 12.4 Å². The summed E-state index contributed by atoms with van der Waals surface area (Å²) >= 11 is 0. The first-order chi connectivity index (χ1) is 6.38. The fraction of sp³-hybridized carbons (Fsp3) is 0.400. The minimum Gasteiger partial charge on any atom is -0.491 e. The maximum Gasteiger partial charge on any atom is 0.123 e. The second-order valence-corrected chi connectivity index (χ2v) is 2.65. The first-order valence-corrected chi connectivity index (χ1v) is 4.28. The highest BCUT2D eigenvalue weighted by Gasteiger charge is 1.99. The maximum atomic E-state index is 5.54. The van der Waals surface area contributed by atoms with Crippen molar-refractivity contribution in [3.05, 3.63) is 29.8 Å². The number of benzene rings is 1. The van der Waals surface area contributed by atoms with Gasteiger partial charge >= 0.3 is 0 Å². The van der Waals surface area contributed by atoms with Crippen LogP contribution in [-0.2, 0) is 11.3 Å². The van der Waals surface area contributed by atoms with Crippen LogP contribution in [0.5, 0.6) is 5.75 Å². The summed E-state index contributed by atoms with van der Waals surface area (Å²) in [5, 5.41) is 0. The van der Waals surface area contributed by atoms with E-state index in [2.05, 4.69) is 0 Å². The molecule has 0 heterocycles. The standard InChI is InChI=1S/C10H15NO2/c1-12-6-7-13-10-5-3-2-4-9(10)8-11/h2-5H,6-8,11H2,1H3. The number of hydrogen-bond donors (Lipinski definition) is 1. The third-order valence-electron chi connectivity index (χ3n) is 1.74. The van der Waals surface area contributed by atoms with Gasteiger partial charge in [0.25, 0.3) is 0 Å². The van der Waals surface area contributed by atoms with Gasteiger partial charge in [-0.05, 0) is 6.07 Å². The van der Waals surface area contributed by atoms with E-state index < -0.39 is 0 Å². The van der Waals surface area contributed by atoms with Crippen molar-refractivity contribution in [1.29, 1.82) is 0 Å². The SMILES string of the molecule is COCCOc1ccccc1CN. The topological polar surface area (TPSA) is 44.5 Å². The van der Waals surface area contributed by atoms with Crippen molar-refractivity contribution in [2.75, 3.05) is 20.3 Å². The Bertz CT molecular complexity index is 250. The Morgan fingerprint density at radius 2 is 2.00 bits per heavy atom. The average Bonchev–Trinajstić information content (AvgIpc) is 2.19. The third-order valence-corrected chi connectivity index (χ3v) is 1.74. The van der Waals surface area contributed by atoms with Gasteiger partial charge < -0.3 is 15.2 Å². The zero-order valence-electron chi connectivity index (χ0n) is 7.82. The Morgan fingerprint density at radius 1 is 1.23 bits per heavy atom. The van der Waals surface area contributed by atoms with Crippen LogP contribution in [0.15, 0.2) is 24.3 Å². The summed E-state index contributed by atoms with van der Waals surface area (Å²) in [5.74, 6) is 0.849. The quantitative estimate of drug-likeness (QED) is 0.693. The van der Waals surface area contributed by atoms with E-state index >= 15 is 0 Å². The normalized spacial score (nSPS) is 10.0. The van der Waals surface area contributed by atoms with E-state index in [-0.39, 0.29) is 0 Å². The molecule has 0 radical (unpaired) electrons. The van der Waals surface area contributed by atoms with Crippen molar-refractivity contribution in [1.82, 2.24) is 0 Å². The molecule has 13 heavy (non-hydrogen) atoms. The lowest BCUT2D eigenvalue weighted by Crippen LogP contribution is -2.07. The van der Waals surface area contributed by atoms with Crippen molar-refractivity contribution in [3.8, 4) is 5.75 Å². The Kier molecular flexibility index (Phi) is 4.29. The molecule has 3 nitrogen and oxygen atoms in total. The smallest absolute Gasteiger partial charge is 0.123 e. The van der Waals surface area contributed by atoms with Gasteiger partial charge in [-0.1, -0.05) is 18.2 Å². The van der Waals surface area contributed by atoms with Crippen LogP contribution in [0, 0.1) is 0 Å². The monoisotopic (exact) mass is 181 g/mol. The van der Waals surface area contributed by atoms with Gasteiger partial charge in [0, 0.05) is 19.2 Å². The van der Waals surface area contributed by atoms with Crippen molar-refractivity contribution < 1.29 is 9.47 Å². The highest BCUT2D eigenvalue weighted by atomic mass is 16.5. The number of rotatable bonds is 5. The van der Waals surface area contributed by atoms with E-state index in [4.69, 9.17) is 15.2 Å². The third kappa shape index (κ3) is 3.05. The lowest BCUT2D eigenvalue weighted by Gasteiger charge is -2.08. The van der Waals surface area contributed by atoms with Crippen molar-refractivity contribution in [3.63, 3.8) is 0 Å². The zero-order valence-corrected chi connectivity index (χ0v) is 7.82. The molecule has 0 aliphatic carbocycles. The zero-order chi connectivity index (χ0) is 9.52. The Hall–Kier alpha value is -1.06. The summed E-state index contributed by atoms with van der Waals surface area (Å²) < 4.78 is 10.3. The predicted octanol–water partition coefficient (Wildman–Crippen LogP) is 1.17. The fourth-order valence-electron chi connectivity index (χ4n) is 1.05. The summed E-state index contributed by atoms with van der Waals surface area (Å²) in [6.45, 7) is 1.66. The molecule has 0 aromatic heterocycles. The highest BCUT2D eigenvalue weighted by molar-refractivity contribution is 5.32. The van der Waals surface area contributed by atoms with Gasteiger partial charge in [0.15, 0.2) is 0 Å². The Morgan fingerprint density at radius 3 is 2.69 bits per heavy atom. The molecule has 0 atom stereocenters. The molecule has 0 aliphatic rings. The van der Waals surface area contributed by atoms with Crippen LogP contribution in [0.4, 0.5) is 0 Å². The molecule has 0 spiro atoms. The van der Waals surface area contributed by atoms with Crippen LogP contribution < -0.4 is 10.5 Å². The summed E-state index contributed by atoms with van der Waals surface area (Å²) in [6.07, 6.45) is 0. The highest BCUT2D eigenvalue weighted by Crippen LogP contribution is 2.16. The van der Waals surface area contributed by atoms with E-state index in [9.17, 15) is 0 Å². The number of nitrogens with two attached hydrogens (primary N) is 1. The minimum atomic E-state index is 0.503. The fourth-order valence-corrected chi connectivity index (χ4v) is 1.05. The summed E-state index contributed by atoms with van der Waals surface area (Å²) in [7, 11) is 1.65. The van der Waals surface area contributed by atoms with E-state index in [1.807, 2.05) is 24.3 Å². The molecule has 2 N–H and O–H groups in total. The molecule has 0 aliphatic heterocycles. The molecule has 3 heteroatoms. The average molecular weight is 181 g/mol. The van der Waals surface area contributed by atoms with Gasteiger partial charge in [-0.2, -0.15) is 0 Å². The number of para-hydroxylation sites is 1.